The summed E-state index contributed by atoms with van der Waals surface area (Å²) in [7, 11) is 0. The molecule has 0 fully saturated rings. The Morgan fingerprint density at radius 2 is 0.900 bits per heavy atom. The molecule has 1 heterocycles. The van der Waals surface area contributed by atoms with E-state index in [1.165, 1.54) is 0 Å². The summed E-state index contributed by atoms with van der Waals surface area (Å²) in [6.45, 7) is 0.876. The third kappa shape index (κ3) is 10.4. The van der Waals surface area contributed by atoms with Crippen molar-refractivity contribution in [2.45, 2.75) is 25.7 Å². The highest BCUT2D eigenvalue weighted by atomic mass is 16.5. The third-order valence-electron chi connectivity index (χ3n) is 7.51. The molecule has 0 aliphatic carbocycles. The zero-order valence-corrected chi connectivity index (χ0v) is 27.5. The van der Waals surface area contributed by atoms with Crippen LogP contribution in [0.3, 0.4) is 0 Å². The number of benzene rings is 4. The second kappa shape index (κ2) is 18.4. The summed E-state index contributed by atoms with van der Waals surface area (Å²) in [6.07, 6.45) is 10.2. The van der Waals surface area contributed by atoms with Crippen molar-refractivity contribution >= 4 is 35.1 Å². The fraction of sp³-hybridized carbons (Fsp3) is 0.200. The van der Waals surface area contributed by atoms with E-state index in [1.807, 2.05) is 12.2 Å². The first-order chi connectivity index (χ1) is 24.5. The quantitative estimate of drug-likeness (QED) is 0.144. The molecule has 4 aromatic rings. The van der Waals surface area contributed by atoms with Gasteiger partial charge in [-0.3, -0.25) is 9.59 Å². The van der Waals surface area contributed by atoms with Gasteiger partial charge >= 0.3 is 11.9 Å². The van der Waals surface area contributed by atoms with E-state index in [-0.39, 0.29) is 37.6 Å². The number of para-hydroxylation sites is 2. The first-order valence-electron chi connectivity index (χ1n) is 16.4. The summed E-state index contributed by atoms with van der Waals surface area (Å²) in [5, 5.41) is 5.61. The number of fused-ring (bicyclic) bond motifs is 6. The molecule has 4 aromatic carbocycles. The van der Waals surface area contributed by atoms with E-state index in [2.05, 4.69) is 10.6 Å². The molecule has 0 aromatic heterocycles. The number of hydrogen-bond donors (Lipinski definition) is 2. The molecule has 4 bridgehead atoms. The van der Waals surface area contributed by atoms with Crippen molar-refractivity contribution in [3.05, 3.63) is 144 Å². The number of carbonyl (C=O) groups is 4. The number of ether oxygens (including phenoxy) is 4. The zero-order valence-electron chi connectivity index (χ0n) is 27.5. The zero-order chi connectivity index (χ0) is 35.0. The molecule has 0 saturated heterocycles. The Morgan fingerprint density at radius 3 is 1.36 bits per heavy atom. The van der Waals surface area contributed by atoms with E-state index >= 15 is 0 Å². The molecule has 50 heavy (non-hydrogen) atoms. The van der Waals surface area contributed by atoms with Crippen LogP contribution in [-0.4, -0.2) is 50.2 Å². The number of nitrogens with one attached hydrogen (secondary N) is 2. The molecule has 5 rings (SSSR count). The van der Waals surface area contributed by atoms with E-state index in [9.17, 15) is 19.2 Å². The smallest absolute Gasteiger partial charge is 0.340 e. The maximum atomic E-state index is 13.1. The van der Waals surface area contributed by atoms with Crippen molar-refractivity contribution in [2.75, 3.05) is 37.1 Å². The first kappa shape index (κ1) is 35.2. The van der Waals surface area contributed by atoms with Gasteiger partial charge in [0.1, 0.15) is 24.7 Å². The minimum Gasteiger partial charge on any atom is -0.490 e. The molecule has 0 atom stereocenters. The summed E-state index contributed by atoms with van der Waals surface area (Å²) in [5.74, 6) is -0.871. The maximum Gasteiger partial charge on any atom is 0.340 e. The van der Waals surface area contributed by atoms with E-state index < -0.39 is 23.8 Å². The normalized spacial score (nSPS) is 15.5. The maximum absolute atomic E-state index is 13.1. The lowest BCUT2D eigenvalue weighted by Crippen LogP contribution is -2.16. The highest BCUT2D eigenvalue weighted by molar-refractivity contribution is 6.09. The topological polar surface area (TPSA) is 129 Å². The Kier molecular flexibility index (Phi) is 12.9. The van der Waals surface area contributed by atoms with Gasteiger partial charge in [-0.15, -0.1) is 0 Å². The lowest BCUT2D eigenvalue weighted by atomic mass is 10.1. The second-order valence-corrected chi connectivity index (χ2v) is 11.2. The van der Waals surface area contributed by atoms with Crippen LogP contribution in [0.25, 0.3) is 0 Å². The van der Waals surface area contributed by atoms with Crippen LogP contribution in [0.5, 0.6) is 11.5 Å². The standard InChI is InChI=1S/C40H38N2O8/c43-37-29-15-13-17-31(27-29)47-23-11-12-24-48-32-18-14-16-30(28-32)38(44)42-36-22-8-6-20-34(36)40(46)50-26-10-4-2-1-3-9-25-49-39(45)33-19-5-7-21-35(33)41-37/h1-2,5-8,11-22,27-28H,3-4,9-10,23-26H2,(H,41,43)(H,42,44). The van der Waals surface area contributed by atoms with E-state index in [0.717, 1.165) is 0 Å². The molecular weight excluding hydrogens is 636 g/mol. The van der Waals surface area contributed by atoms with Gasteiger partial charge in [-0.05, 0) is 98.5 Å². The number of esters is 2. The van der Waals surface area contributed by atoms with Gasteiger partial charge in [-0.25, -0.2) is 9.59 Å². The van der Waals surface area contributed by atoms with E-state index in [0.29, 0.717) is 59.7 Å². The van der Waals surface area contributed by atoms with Crippen molar-refractivity contribution in [3.8, 4) is 11.5 Å². The molecular formula is C40H38N2O8. The van der Waals surface area contributed by atoms with Gasteiger partial charge in [-0.1, -0.05) is 48.6 Å². The van der Waals surface area contributed by atoms with Crippen LogP contribution in [0.15, 0.2) is 121 Å². The number of hydrogen-bond acceptors (Lipinski definition) is 8. The van der Waals surface area contributed by atoms with Crippen LogP contribution < -0.4 is 20.1 Å². The van der Waals surface area contributed by atoms with Gasteiger partial charge in [0.05, 0.1) is 35.7 Å². The molecule has 0 radical (unpaired) electrons. The number of cyclic esters (lactones) is 2. The lowest BCUT2D eigenvalue weighted by Gasteiger charge is -2.12. The minimum absolute atomic E-state index is 0.213. The number of rotatable bonds is 0. The largest absolute Gasteiger partial charge is 0.490 e. The van der Waals surface area contributed by atoms with Gasteiger partial charge in [-0.2, -0.15) is 0 Å². The van der Waals surface area contributed by atoms with Crippen LogP contribution >= 0.6 is 0 Å². The van der Waals surface area contributed by atoms with Gasteiger partial charge in [0.2, 0.25) is 0 Å². The third-order valence-corrected chi connectivity index (χ3v) is 7.51. The van der Waals surface area contributed by atoms with E-state index in [1.54, 1.807) is 109 Å². The number of anilines is 2. The monoisotopic (exact) mass is 674 g/mol. The van der Waals surface area contributed by atoms with Gasteiger partial charge in [0, 0.05) is 11.1 Å². The first-order valence-corrected chi connectivity index (χ1v) is 16.4. The molecule has 10 nitrogen and oxygen atoms in total. The van der Waals surface area contributed by atoms with Crippen LogP contribution in [0.2, 0.25) is 0 Å². The summed E-state index contributed by atoms with van der Waals surface area (Å²) >= 11 is 0. The summed E-state index contributed by atoms with van der Waals surface area (Å²) in [6, 6.07) is 26.9. The lowest BCUT2D eigenvalue weighted by molar-refractivity contribution is 0.0492. The van der Waals surface area contributed by atoms with Crippen molar-refractivity contribution in [1.29, 1.82) is 0 Å². The molecule has 1 aliphatic rings. The fourth-order valence-corrected chi connectivity index (χ4v) is 4.93. The van der Waals surface area contributed by atoms with Crippen molar-refractivity contribution in [3.63, 3.8) is 0 Å². The van der Waals surface area contributed by atoms with Gasteiger partial charge in [0.15, 0.2) is 0 Å². The Morgan fingerprint density at radius 1 is 0.460 bits per heavy atom. The predicted molar refractivity (Wildman–Crippen MR) is 190 cm³/mol. The SMILES string of the molecule is O=C1Nc2ccccc2C(=O)OCCCC=CCCCOC(=O)c2ccccc2NC(=O)c2cccc(c2)OCC=CCOc2cccc1c2. The molecule has 10 heteroatoms. The fourth-order valence-electron chi connectivity index (χ4n) is 4.93. The highest BCUT2D eigenvalue weighted by Crippen LogP contribution is 2.21. The number of allylic oxidation sites excluding steroid dienone is 2. The van der Waals surface area contributed by atoms with Crippen LogP contribution in [0.4, 0.5) is 11.4 Å². The highest BCUT2D eigenvalue weighted by Gasteiger charge is 2.17. The Hall–Kier alpha value is -6.16. The molecule has 2 amide bonds. The average molecular weight is 675 g/mol. The van der Waals surface area contributed by atoms with Gasteiger partial charge in [0.25, 0.3) is 11.8 Å². The Labute approximate surface area is 290 Å². The molecule has 1 aliphatic heterocycles. The Bertz CT molecular complexity index is 1730. The summed E-state index contributed by atoms with van der Waals surface area (Å²) in [5.41, 5.74) is 1.93. The number of carbonyl (C=O) groups excluding carboxylic acids is 4. The van der Waals surface area contributed by atoms with Gasteiger partial charge < -0.3 is 29.6 Å². The summed E-state index contributed by atoms with van der Waals surface area (Å²) in [4.78, 5) is 51.9. The van der Waals surface area contributed by atoms with Crippen molar-refractivity contribution < 1.29 is 38.1 Å². The van der Waals surface area contributed by atoms with Crippen LogP contribution in [0, 0.1) is 0 Å². The Balaban J connectivity index is 1.27. The number of amides is 2. The molecule has 2 N–H and O–H groups in total. The predicted octanol–water partition coefficient (Wildman–Crippen LogP) is 7.65. The minimum atomic E-state index is -0.528. The molecule has 256 valence electrons. The summed E-state index contributed by atoms with van der Waals surface area (Å²) < 4.78 is 22.5. The van der Waals surface area contributed by atoms with E-state index in [4.69, 9.17) is 18.9 Å². The van der Waals surface area contributed by atoms with Crippen molar-refractivity contribution in [1.82, 2.24) is 0 Å². The van der Waals surface area contributed by atoms with Crippen molar-refractivity contribution in [2.24, 2.45) is 0 Å². The van der Waals surface area contributed by atoms with Crippen LogP contribution in [0.1, 0.15) is 67.1 Å². The average Bonchev–Trinajstić information content (AvgIpc) is 3.14. The second-order valence-electron chi connectivity index (χ2n) is 11.2. The molecule has 0 saturated carbocycles. The molecule has 0 spiro atoms. The van der Waals surface area contributed by atoms with Crippen LogP contribution in [-0.2, 0) is 9.47 Å². The molecule has 0 unspecified atom stereocenters.